The van der Waals surface area contributed by atoms with E-state index in [-0.39, 0.29) is 10.8 Å². The van der Waals surface area contributed by atoms with Crippen LogP contribution in [0.5, 0.6) is 0 Å². The summed E-state index contributed by atoms with van der Waals surface area (Å²) in [6, 6.07) is 16.1. The lowest BCUT2D eigenvalue weighted by Gasteiger charge is -2.08. The van der Waals surface area contributed by atoms with Gasteiger partial charge in [0.2, 0.25) is 0 Å². The maximum atomic E-state index is 12.5. The molecule has 1 heterocycles. The van der Waals surface area contributed by atoms with Crippen molar-refractivity contribution < 1.29 is 13.2 Å². The second-order valence-corrected chi connectivity index (χ2v) is 8.79. The van der Waals surface area contributed by atoms with Crippen LogP contribution >= 0.6 is 0 Å². The van der Waals surface area contributed by atoms with Crippen LogP contribution in [0.3, 0.4) is 0 Å². The summed E-state index contributed by atoms with van der Waals surface area (Å²) in [5, 5.41) is 7.45. The molecule has 0 spiro atoms. The van der Waals surface area contributed by atoms with E-state index in [1.807, 2.05) is 48.9 Å². The molecule has 0 unspecified atom stereocenters. The summed E-state index contributed by atoms with van der Waals surface area (Å²) < 4.78 is 25.3. The van der Waals surface area contributed by atoms with Crippen LogP contribution in [0, 0.1) is 13.8 Å². The molecular weight excluding hydrogens is 374 g/mol. The number of carbonyl (C=O) groups is 1. The molecule has 1 aromatic heterocycles. The van der Waals surface area contributed by atoms with Crippen LogP contribution in [0.2, 0.25) is 0 Å². The molecule has 0 atom stereocenters. The molecule has 0 aliphatic rings. The minimum absolute atomic E-state index is 0.128. The smallest absolute Gasteiger partial charge is 0.251 e. The highest BCUT2D eigenvalue weighted by Gasteiger charge is 2.15. The summed E-state index contributed by atoms with van der Waals surface area (Å²) in [7, 11) is -3.36. The van der Waals surface area contributed by atoms with Crippen LogP contribution in [0.4, 0.5) is 0 Å². The topological polar surface area (TPSA) is 81.1 Å². The Morgan fingerprint density at radius 3 is 2.46 bits per heavy atom. The molecular formula is C21H23N3O3S. The minimum Gasteiger partial charge on any atom is -0.348 e. The molecule has 0 aliphatic carbocycles. The van der Waals surface area contributed by atoms with Gasteiger partial charge in [0, 0.05) is 29.6 Å². The van der Waals surface area contributed by atoms with E-state index in [2.05, 4.69) is 10.4 Å². The summed E-state index contributed by atoms with van der Waals surface area (Å²) in [4.78, 5) is 12.6. The van der Waals surface area contributed by atoms with E-state index in [0.717, 1.165) is 28.8 Å². The van der Waals surface area contributed by atoms with Crippen molar-refractivity contribution in [3.63, 3.8) is 0 Å². The summed E-state index contributed by atoms with van der Waals surface area (Å²) in [5.74, 6) is -0.319. The van der Waals surface area contributed by atoms with Crippen LogP contribution in [0.15, 0.2) is 59.5 Å². The Balaban J connectivity index is 1.74. The number of aryl methyl sites for hydroxylation is 1. The minimum atomic E-state index is -3.36. The van der Waals surface area contributed by atoms with Crippen molar-refractivity contribution in [3.05, 3.63) is 82.7 Å². The zero-order chi connectivity index (χ0) is 20.3. The molecule has 0 radical (unpaired) electrons. The van der Waals surface area contributed by atoms with Gasteiger partial charge in [-0.3, -0.25) is 9.48 Å². The van der Waals surface area contributed by atoms with Gasteiger partial charge >= 0.3 is 0 Å². The maximum Gasteiger partial charge on any atom is 0.251 e. The van der Waals surface area contributed by atoms with Crippen molar-refractivity contribution in [1.82, 2.24) is 15.1 Å². The molecule has 7 heteroatoms. The second-order valence-electron chi connectivity index (χ2n) is 6.78. The highest BCUT2D eigenvalue weighted by molar-refractivity contribution is 7.90. The molecule has 146 valence electrons. The fourth-order valence-electron chi connectivity index (χ4n) is 3.04. The summed E-state index contributed by atoms with van der Waals surface area (Å²) in [6.07, 6.45) is 1.12. The van der Waals surface area contributed by atoms with E-state index in [9.17, 15) is 13.2 Å². The monoisotopic (exact) mass is 397 g/mol. The first kappa shape index (κ1) is 19.8. The van der Waals surface area contributed by atoms with Crippen LogP contribution in [-0.2, 0) is 22.9 Å². The van der Waals surface area contributed by atoms with Gasteiger partial charge in [-0.15, -0.1) is 0 Å². The molecule has 3 rings (SSSR count). The van der Waals surface area contributed by atoms with Crippen molar-refractivity contribution in [2.45, 2.75) is 31.8 Å². The van der Waals surface area contributed by atoms with Crippen molar-refractivity contribution in [2.75, 3.05) is 6.26 Å². The van der Waals surface area contributed by atoms with Gasteiger partial charge in [0.15, 0.2) is 9.84 Å². The van der Waals surface area contributed by atoms with Crippen LogP contribution < -0.4 is 5.32 Å². The Morgan fingerprint density at radius 2 is 1.79 bits per heavy atom. The number of rotatable bonds is 6. The number of nitrogens with one attached hydrogen (secondary N) is 1. The Labute approximate surface area is 165 Å². The number of carbonyl (C=O) groups excluding carboxylic acids is 1. The fraction of sp³-hybridized carbons (Fsp3) is 0.238. The summed E-state index contributed by atoms with van der Waals surface area (Å²) >= 11 is 0. The standard InChI is InChI=1S/C21H23N3O3S/c1-15-20(16(2)24(23-15)14-17-8-5-4-6-9-17)13-22-21(25)18-10-7-11-19(12-18)28(3,26)27/h4-12H,13-14H2,1-3H3,(H,22,25). The average Bonchev–Trinajstić information content (AvgIpc) is 2.93. The van der Waals surface area contributed by atoms with Crippen molar-refractivity contribution in [3.8, 4) is 0 Å². The predicted octanol–water partition coefficient (Wildman–Crippen LogP) is 2.88. The molecule has 6 nitrogen and oxygen atoms in total. The Bertz CT molecular complexity index is 1100. The average molecular weight is 398 g/mol. The van der Waals surface area contributed by atoms with Crippen LogP contribution in [0.1, 0.15) is 32.9 Å². The van der Waals surface area contributed by atoms with Gasteiger partial charge in [-0.05, 0) is 37.6 Å². The number of aromatic nitrogens is 2. The first-order valence-electron chi connectivity index (χ1n) is 8.91. The molecule has 1 amide bonds. The highest BCUT2D eigenvalue weighted by Crippen LogP contribution is 2.16. The quantitative estimate of drug-likeness (QED) is 0.693. The highest BCUT2D eigenvalue weighted by atomic mass is 32.2. The van der Waals surface area contributed by atoms with Gasteiger partial charge in [0.1, 0.15) is 0 Å². The van der Waals surface area contributed by atoms with Gasteiger partial charge < -0.3 is 5.32 Å². The first-order valence-corrected chi connectivity index (χ1v) is 10.8. The predicted molar refractivity (Wildman–Crippen MR) is 108 cm³/mol. The molecule has 0 aliphatic heterocycles. The number of sulfone groups is 1. The SMILES string of the molecule is Cc1nn(Cc2ccccc2)c(C)c1CNC(=O)c1cccc(S(C)(=O)=O)c1. The molecule has 0 bridgehead atoms. The second kappa shape index (κ2) is 7.98. The molecule has 0 saturated heterocycles. The zero-order valence-electron chi connectivity index (χ0n) is 16.1. The molecule has 0 fully saturated rings. The van der Waals surface area contributed by atoms with Crippen LogP contribution in [-0.4, -0.2) is 30.4 Å². The van der Waals surface area contributed by atoms with Crippen molar-refractivity contribution >= 4 is 15.7 Å². The van der Waals surface area contributed by atoms with Crippen molar-refractivity contribution in [1.29, 1.82) is 0 Å². The molecule has 0 saturated carbocycles. The van der Waals surface area contributed by atoms with E-state index in [0.29, 0.717) is 18.7 Å². The summed E-state index contributed by atoms with van der Waals surface area (Å²) in [5.41, 5.74) is 4.28. The van der Waals surface area contributed by atoms with Gasteiger partial charge in [0.05, 0.1) is 17.1 Å². The van der Waals surface area contributed by atoms with Gasteiger partial charge in [0.25, 0.3) is 5.91 Å². The third kappa shape index (κ3) is 4.48. The third-order valence-electron chi connectivity index (χ3n) is 4.66. The maximum absolute atomic E-state index is 12.5. The lowest BCUT2D eigenvalue weighted by molar-refractivity contribution is 0.0950. The molecule has 28 heavy (non-hydrogen) atoms. The van der Waals surface area contributed by atoms with Gasteiger partial charge in [-0.25, -0.2) is 8.42 Å². The van der Waals surface area contributed by atoms with E-state index in [4.69, 9.17) is 0 Å². The lowest BCUT2D eigenvalue weighted by Crippen LogP contribution is -2.23. The fourth-order valence-corrected chi connectivity index (χ4v) is 3.71. The normalized spacial score (nSPS) is 11.4. The van der Waals surface area contributed by atoms with E-state index in [1.54, 1.807) is 12.1 Å². The molecule has 2 aromatic carbocycles. The lowest BCUT2D eigenvalue weighted by atomic mass is 10.1. The summed E-state index contributed by atoms with van der Waals surface area (Å²) in [6.45, 7) is 4.89. The van der Waals surface area contributed by atoms with E-state index >= 15 is 0 Å². The number of amides is 1. The first-order chi connectivity index (χ1) is 13.3. The zero-order valence-corrected chi connectivity index (χ0v) is 17.0. The third-order valence-corrected chi connectivity index (χ3v) is 5.77. The number of hydrogen-bond acceptors (Lipinski definition) is 4. The molecule has 1 N–H and O–H groups in total. The number of benzene rings is 2. The van der Waals surface area contributed by atoms with Crippen LogP contribution in [0.25, 0.3) is 0 Å². The Morgan fingerprint density at radius 1 is 1.07 bits per heavy atom. The van der Waals surface area contributed by atoms with E-state index in [1.165, 1.54) is 12.1 Å². The molecule has 3 aromatic rings. The van der Waals surface area contributed by atoms with E-state index < -0.39 is 9.84 Å². The largest absolute Gasteiger partial charge is 0.348 e. The van der Waals surface area contributed by atoms with Gasteiger partial charge in [-0.2, -0.15) is 5.10 Å². The Kier molecular flexibility index (Phi) is 5.65. The van der Waals surface area contributed by atoms with Crippen molar-refractivity contribution in [2.24, 2.45) is 0 Å². The number of hydrogen-bond donors (Lipinski definition) is 1. The van der Waals surface area contributed by atoms with Gasteiger partial charge in [-0.1, -0.05) is 36.4 Å². The number of nitrogens with zero attached hydrogens (tertiary/aromatic N) is 2. The Hall–Kier alpha value is -2.93.